The number of rotatable bonds is 2. The van der Waals surface area contributed by atoms with Crippen molar-refractivity contribution in [2.45, 2.75) is 26.7 Å². The number of aromatic nitrogens is 3. The third-order valence-corrected chi connectivity index (χ3v) is 2.55. The van der Waals surface area contributed by atoms with Gasteiger partial charge in [-0.2, -0.15) is 5.10 Å². The summed E-state index contributed by atoms with van der Waals surface area (Å²) in [6, 6.07) is 5.77. The van der Waals surface area contributed by atoms with E-state index < -0.39 is 0 Å². The van der Waals surface area contributed by atoms with Gasteiger partial charge in [-0.3, -0.25) is 5.10 Å². The quantitative estimate of drug-likeness (QED) is 0.758. The Hall–Kier alpha value is -1.84. The van der Waals surface area contributed by atoms with Gasteiger partial charge in [0.05, 0.1) is 0 Å². The number of nitrogens with two attached hydrogens (primary N) is 1. The Morgan fingerprint density at radius 3 is 2.69 bits per heavy atom. The van der Waals surface area contributed by atoms with Crippen molar-refractivity contribution in [2.24, 2.45) is 0 Å². The van der Waals surface area contributed by atoms with Crippen LogP contribution in [0.3, 0.4) is 0 Å². The van der Waals surface area contributed by atoms with Crippen molar-refractivity contribution in [1.82, 2.24) is 15.2 Å². The third kappa shape index (κ3) is 1.91. The van der Waals surface area contributed by atoms with Crippen molar-refractivity contribution >= 4 is 5.69 Å². The molecule has 0 aliphatic rings. The molecule has 1 aromatic carbocycles. The number of benzene rings is 1. The molecule has 0 unspecified atom stereocenters. The van der Waals surface area contributed by atoms with Gasteiger partial charge in [-0.25, -0.2) is 4.98 Å². The SMILES string of the molecule is Cc1ccc(N)cc1-c1n[nH]c(C(C)C)n1. The Morgan fingerprint density at radius 2 is 2.06 bits per heavy atom. The molecule has 0 radical (unpaired) electrons. The van der Waals surface area contributed by atoms with E-state index in [4.69, 9.17) is 5.73 Å². The number of anilines is 1. The lowest BCUT2D eigenvalue weighted by Gasteiger charge is -2.02. The zero-order chi connectivity index (χ0) is 11.7. The van der Waals surface area contributed by atoms with Crippen LogP contribution in [0.1, 0.15) is 31.2 Å². The summed E-state index contributed by atoms with van der Waals surface area (Å²) in [5.74, 6) is 1.97. The minimum absolute atomic E-state index is 0.350. The summed E-state index contributed by atoms with van der Waals surface area (Å²) in [6.07, 6.45) is 0. The molecule has 0 aliphatic heterocycles. The highest BCUT2D eigenvalue weighted by atomic mass is 15.2. The maximum atomic E-state index is 5.77. The Morgan fingerprint density at radius 1 is 1.31 bits per heavy atom. The van der Waals surface area contributed by atoms with Crippen molar-refractivity contribution in [2.75, 3.05) is 5.73 Å². The maximum Gasteiger partial charge on any atom is 0.181 e. The van der Waals surface area contributed by atoms with E-state index >= 15 is 0 Å². The lowest BCUT2D eigenvalue weighted by atomic mass is 10.1. The standard InChI is InChI=1S/C12H16N4/c1-7(2)11-14-12(16-15-11)10-6-9(13)5-4-8(10)3/h4-7H,13H2,1-3H3,(H,14,15,16). The van der Waals surface area contributed by atoms with Gasteiger partial charge in [0, 0.05) is 17.2 Å². The van der Waals surface area contributed by atoms with Crippen LogP contribution in [0.5, 0.6) is 0 Å². The number of nitrogens with zero attached hydrogens (tertiary/aromatic N) is 2. The summed E-state index contributed by atoms with van der Waals surface area (Å²) < 4.78 is 0. The molecule has 0 amide bonds. The molecule has 0 atom stereocenters. The molecular weight excluding hydrogens is 200 g/mol. The van der Waals surface area contributed by atoms with E-state index in [1.54, 1.807) is 0 Å². The first-order chi connectivity index (χ1) is 7.58. The zero-order valence-corrected chi connectivity index (χ0v) is 9.78. The normalized spacial score (nSPS) is 11.0. The fourth-order valence-electron chi connectivity index (χ4n) is 1.53. The second-order valence-corrected chi connectivity index (χ2v) is 4.27. The van der Waals surface area contributed by atoms with E-state index in [-0.39, 0.29) is 0 Å². The van der Waals surface area contributed by atoms with Crippen LogP contribution in [0, 0.1) is 6.92 Å². The van der Waals surface area contributed by atoms with E-state index in [2.05, 4.69) is 29.0 Å². The van der Waals surface area contributed by atoms with Crippen LogP contribution >= 0.6 is 0 Å². The Balaban J connectivity index is 2.46. The molecule has 0 bridgehead atoms. The van der Waals surface area contributed by atoms with Crippen molar-refractivity contribution in [3.8, 4) is 11.4 Å². The van der Waals surface area contributed by atoms with E-state index in [0.717, 1.165) is 22.6 Å². The van der Waals surface area contributed by atoms with Crippen molar-refractivity contribution < 1.29 is 0 Å². The summed E-state index contributed by atoms with van der Waals surface area (Å²) in [5.41, 5.74) is 8.62. The molecule has 84 valence electrons. The van der Waals surface area contributed by atoms with Crippen molar-refractivity contribution in [3.05, 3.63) is 29.6 Å². The molecule has 4 nitrogen and oxygen atoms in total. The number of aromatic amines is 1. The number of hydrogen-bond donors (Lipinski definition) is 2. The topological polar surface area (TPSA) is 67.6 Å². The highest BCUT2D eigenvalue weighted by Crippen LogP contribution is 2.23. The lowest BCUT2D eigenvalue weighted by molar-refractivity contribution is 0.781. The third-order valence-electron chi connectivity index (χ3n) is 2.55. The molecule has 0 fully saturated rings. The number of nitrogens with one attached hydrogen (secondary N) is 1. The molecule has 1 heterocycles. The van der Waals surface area contributed by atoms with Gasteiger partial charge in [0.15, 0.2) is 5.82 Å². The zero-order valence-electron chi connectivity index (χ0n) is 9.78. The minimum Gasteiger partial charge on any atom is -0.399 e. The monoisotopic (exact) mass is 216 g/mol. The first-order valence-corrected chi connectivity index (χ1v) is 5.36. The highest BCUT2D eigenvalue weighted by molar-refractivity contribution is 5.65. The number of nitrogen functional groups attached to an aromatic ring is 1. The fourth-order valence-corrected chi connectivity index (χ4v) is 1.53. The second kappa shape index (κ2) is 3.96. The molecule has 16 heavy (non-hydrogen) atoms. The van der Waals surface area contributed by atoms with Crippen LogP contribution < -0.4 is 5.73 Å². The van der Waals surface area contributed by atoms with Gasteiger partial charge in [-0.1, -0.05) is 19.9 Å². The highest BCUT2D eigenvalue weighted by Gasteiger charge is 2.10. The van der Waals surface area contributed by atoms with Crippen LogP contribution in [0.15, 0.2) is 18.2 Å². The molecule has 2 aromatic rings. The summed E-state index contributed by atoms with van der Waals surface area (Å²) in [6.45, 7) is 6.19. The molecular formula is C12H16N4. The molecule has 1 aromatic heterocycles. The molecule has 3 N–H and O–H groups in total. The summed E-state index contributed by atoms with van der Waals surface area (Å²) in [5, 5.41) is 7.17. The van der Waals surface area contributed by atoms with Gasteiger partial charge in [0.2, 0.25) is 0 Å². The number of hydrogen-bond acceptors (Lipinski definition) is 3. The minimum atomic E-state index is 0.350. The lowest BCUT2D eigenvalue weighted by Crippen LogP contribution is -1.91. The van der Waals surface area contributed by atoms with E-state index in [1.807, 2.05) is 25.1 Å². The second-order valence-electron chi connectivity index (χ2n) is 4.27. The van der Waals surface area contributed by atoms with E-state index in [1.165, 1.54) is 0 Å². The van der Waals surface area contributed by atoms with Gasteiger partial charge < -0.3 is 5.73 Å². The first kappa shape index (κ1) is 10.7. The largest absolute Gasteiger partial charge is 0.399 e. The van der Waals surface area contributed by atoms with Gasteiger partial charge in [-0.15, -0.1) is 0 Å². The van der Waals surface area contributed by atoms with Crippen LogP contribution in [-0.2, 0) is 0 Å². The smallest absolute Gasteiger partial charge is 0.181 e. The molecule has 0 saturated heterocycles. The van der Waals surface area contributed by atoms with Crippen LogP contribution in [0.2, 0.25) is 0 Å². The van der Waals surface area contributed by atoms with Crippen LogP contribution in [0.4, 0.5) is 5.69 Å². The molecule has 4 heteroatoms. The Kier molecular flexibility index (Phi) is 2.64. The number of aryl methyl sites for hydroxylation is 1. The Bertz CT molecular complexity index is 499. The van der Waals surface area contributed by atoms with Crippen molar-refractivity contribution in [3.63, 3.8) is 0 Å². The molecule has 0 spiro atoms. The first-order valence-electron chi connectivity index (χ1n) is 5.36. The van der Waals surface area contributed by atoms with Gasteiger partial charge in [0.1, 0.15) is 5.82 Å². The van der Waals surface area contributed by atoms with E-state index in [9.17, 15) is 0 Å². The molecule has 2 rings (SSSR count). The summed E-state index contributed by atoms with van der Waals surface area (Å²) in [4.78, 5) is 4.46. The van der Waals surface area contributed by atoms with Crippen molar-refractivity contribution in [1.29, 1.82) is 0 Å². The Labute approximate surface area is 94.9 Å². The predicted octanol–water partition coefficient (Wildman–Crippen LogP) is 2.49. The summed E-state index contributed by atoms with van der Waals surface area (Å²) >= 11 is 0. The molecule has 0 saturated carbocycles. The van der Waals surface area contributed by atoms with Gasteiger partial charge in [-0.05, 0) is 24.6 Å². The van der Waals surface area contributed by atoms with E-state index in [0.29, 0.717) is 11.7 Å². The maximum absolute atomic E-state index is 5.77. The summed E-state index contributed by atoms with van der Waals surface area (Å²) in [7, 11) is 0. The number of H-pyrrole nitrogens is 1. The fraction of sp³-hybridized carbons (Fsp3) is 0.333. The average Bonchev–Trinajstić information content (AvgIpc) is 2.70. The van der Waals surface area contributed by atoms with Crippen LogP contribution in [-0.4, -0.2) is 15.2 Å². The van der Waals surface area contributed by atoms with Crippen LogP contribution in [0.25, 0.3) is 11.4 Å². The van der Waals surface area contributed by atoms with Gasteiger partial charge >= 0.3 is 0 Å². The predicted molar refractivity (Wildman–Crippen MR) is 65.1 cm³/mol. The van der Waals surface area contributed by atoms with Gasteiger partial charge in [0.25, 0.3) is 0 Å². The average molecular weight is 216 g/mol. The molecule has 0 aliphatic carbocycles.